The lowest BCUT2D eigenvalue weighted by atomic mass is 10.3. The fourth-order valence-corrected chi connectivity index (χ4v) is 1.37. The number of nitrogens with zero attached hydrogens (tertiary/aromatic N) is 2. The number of anilines is 1. The molecule has 1 atom stereocenters. The van der Waals surface area contributed by atoms with Gasteiger partial charge in [0, 0.05) is 12.4 Å². The number of aromatic hydroxyl groups is 1. The summed E-state index contributed by atoms with van der Waals surface area (Å²) in [6, 6.07) is 6.15. The van der Waals surface area contributed by atoms with Gasteiger partial charge in [-0.2, -0.15) is 0 Å². The van der Waals surface area contributed by atoms with Gasteiger partial charge in [-0.05, 0) is 31.2 Å². The van der Waals surface area contributed by atoms with Crippen molar-refractivity contribution in [3.63, 3.8) is 0 Å². The molecule has 0 aliphatic rings. The van der Waals surface area contributed by atoms with Crippen molar-refractivity contribution in [2.75, 3.05) is 5.32 Å². The monoisotopic (exact) mass is 259 g/mol. The van der Waals surface area contributed by atoms with E-state index < -0.39 is 6.10 Å². The molecule has 2 aromatic rings. The predicted octanol–water partition coefficient (Wildman–Crippen LogP) is 1.59. The van der Waals surface area contributed by atoms with Crippen molar-refractivity contribution in [3.05, 3.63) is 42.9 Å². The minimum Gasteiger partial charge on any atom is -0.508 e. The van der Waals surface area contributed by atoms with Crippen LogP contribution in [0.15, 0.2) is 42.9 Å². The summed E-state index contributed by atoms with van der Waals surface area (Å²) in [6.07, 6.45) is 3.77. The first-order valence-electron chi connectivity index (χ1n) is 5.68. The van der Waals surface area contributed by atoms with E-state index in [0.29, 0.717) is 11.6 Å². The summed E-state index contributed by atoms with van der Waals surface area (Å²) >= 11 is 0. The highest BCUT2D eigenvalue weighted by Gasteiger charge is 2.15. The fraction of sp³-hybridized carbons (Fsp3) is 0.154. The lowest BCUT2D eigenvalue weighted by molar-refractivity contribution is -0.122. The molecule has 1 heterocycles. The molecular weight excluding hydrogens is 246 g/mol. The second-order valence-electron chi connectivity index (χ2n) is 3.83. The number of hydrogen-bond donors (Lipinski definition) is 2. The number of rotatable bonds is 4. The maximum Gasteiger partial charge on any atom is 0.266 e. The Bertz CT molecular complexity index is 543. The molecule has 2 N–H and O–H groups in total. The Labute approximate surface area is 110 Å². The van der Waals surface area contributed by atoms with Gasteiger partial charge in [-0.25, -0.2) is 4.98 Å². The summed E-state index contributed by atoms with van der Waals surface area (Å²) in [5.41, 5.74) is 0. The highest BCUT2D eigenvalue weighted by atomic mass is 16.5. The third kappa shape index (κ3) is 3.67. The van der Waals surface area contributed by atoms with Crippen molar-refractivity contribution >= 4 is 11.7 Å². The number of phenolic OH excluding ortho intramolecular Hbond substituents is 1. The Morgan fingerprint density at radius 3 is 2.68 bits per heavy atom. The van der Waals surface area contributed by atoms with Crippen LogP contribution in [0.3, 0.4) is 0 Å². The normalized spacial score (nSPS) is 11.6. The third-order valence-electron chi connectivity index (χ3n) is 2.33. The molecule has 0 saturated carbocycles. The minimum absolute atomic E-state index is 0.143. The molecule has 98 valence electrons. The average molecular weight is 259 g/mol. The van der Waals surface area contributed by atoms with Gasteiger partial charge in [0.15, 0.2) is 11.9 Å². The van der Waals surface area contributed by atoms with Gasteiger partial charge in [0.25, 0.3) is 5.91 Å². The molecule has 0 aliphatic carbocycles. The Kier molecular flexibility index (Phi) is 3.92. The molecule has 0 saturated heterocycles. The fourth-order valence-electron chi connectivity index (χ4n) is 1.37. The van der Waals surface area contributed by atoms with Crippen molar-refractivity contribution in [3.8, 4) is 11.5 Å². The van der Waals surface area contributed by atoms with Gasteiger partial charge >= 0.3 is 0 Å². The summed E-state index contributed by atoms with van der Waals surface area (Å²) in [7, 11) is 0. The maximum atomic E-state index is 11.8. The van der Waals surface area contributed by atoms with Crippen LogP contribution < -0.4 is 10.1 Å². The van der Waals surface area contributed by atoms with E-state index in [1.54, 1.807) is 19.1 Å². The lowest BCUT2D eigenvalue weighted by Crippen LogP contribution is -2.30. The Hall–Kier alpha value is -2.63. The highest BCUT2D eigenvalue weighted by molar-refractivity contribution is 5.93. The van der Waals surface area contributed by atoms with Gasteiger partial charge in [-0.3, -0.25) is 9.78 Å². The molecule has 19 heavy (non-hydrogen) atoms. The molecule has 1 aromatic carbocycles. The summed E-state index contributed by atoms with van der Waals surface area (Å²) < 4.78 is 5.43. The van der Waals surface area contributed by atoms with Crippen LogP contribution in [-0.2, 0) is 4.79 Å². The number of carbonyl (C=O) groups is 1. The average Bonchev–Trinajstić information content (AvgIpc) is 2.42. The maximum absolute atomic E-state index is 11.8. The predicted molar refractivity (Wildman–Crippen MR) is 68.9 cm³/mol. The number of hydrogen-bond acceptors (Lipinski definition) is 5. The summed E-state index contributed by atoms with van der Waals surface area (Å²) in [5.74, 6) is 0.686. The molecule has 0 fully saturated rings. The molecule has 0 spiro atoms. The van der Waals surface area contributed by atoms with Gasteiger partial charge < -0.3 is 15.2 Å². The van der Waals surface area contributed by atoms with E-state index in [2.05, 4.69) is 15.3 Å². The molecule has 6 heteroatoms. The Balaban J connectivity index is 1.94. The number of nitrogens with one attached hydrogen (secondary N) is 1. The van der Waals surface area contributed by atoms with Gasteiger partial charge in [-0.1, -0.05) is 0 Å². The van der Waals surface area contributed by atoms with Gasteiger partial charge in [0.2, 0.25) is 0 Å². The third-order valence-corrected chi connectivity index (χ3v) is 2.33. The van der Waals surface area contributed by atoms with Gasteiger partial charge in [0.1, 0.15) is 11.5 Å². The first kappa shape index (κ1) is 12.8. The van der Waals surface area contributed by atoms with Gasteiger partial charge in [0.05, 0.1) is 6.20 Å². The number of phenols is 1. The minimum atomic E-state index is -0.688. The molecule has 1 amide bonds. The summed E-state index contributed by atoms with van der Waals surface area (Å²) in [6.45, 7) is 1.62. The Morgan fingerprint density at radius 2 is 2.05 bits per heavy atom. The van der Waals surface area contributed by atoms with E-state index in [4.69, 9.17) is 9.84 Å². The molecule has 0 unspecified atom stereocenters. The largest absolute Gasteiger partial charge is 0.508 e. The van der Waals surface area contributed by atoms with Crippen LogP contribution >= 0.6 is 0 Å². The number of ether oxygens (including phenoxy) is 1. The second kappa shape index (κ2) is 5.81. The SMILES string of the molecule is C[C@@H](Oc1ccc(O)cc1)C(=O)Nc1cnccn1. The smallest absolute Gasteiger partial charge is 0.266 e. The molecule has 6 nitrogen and oxygen atoms in total. The van der Waals surface area contributed by atoms with Crippen LogP contribution in [0.4, 0.5) is 5.82 Å². The first-order chi connectivity index (χ1) is 9.15. The van der Waals surface area contributed by atoms with Crippen molar-refractivity contribution in [2.24, 2.45) is 0 Å². The number of carbonyl (C=O) groups excluding carboxylic acids is 1. The van der Waals surface area contributed by atoms with Crippen molar-refractivity contribution in [2.45, 2.75) is 13.0 Å². The number of benzene rings is 1. The highest BCUT2D eigenvalue weighted by Crippen LogP contribution is 2.17. The second-order valence-corrected chi connectivity index (χ2v) is 3.83. The van der Waals surface area contributed by atoms with E-state index in [1.807, 2.05) is 0 Å². The quantitative estimate of drug-likeness (QED) is 0.871. The number of amides is 1. The lowest BCUT2D eigenvalue weighted by Gasteiger charge is -2.14. The Morgan fingerprint density at radius 1 is 1.32 bits per heavy atom. The van der Waals surface area contributed by atoms with E-state index in [1.165, 1.54) is 30.7 Å². The number of aromatic nitrogens is 2. The molecular formula is C13H13N3O3. The zero-order chi connectivity index (χ0) is 13.7. The van der Waals surface area contributed by atoms with E-state index >= 15 is 0 Å². The van der Waals surface area contributed by atoms with Crippen LogP contribution in [0.25, 0.3) is 0 Å². The van der Waals surface area contributed by atoms with E-state index in [0.717, 1.165) is 0 Å². The van der Waals surface area contributed by atoms with E-state index in [-0.39, 0.29) is 11.7 Å². The molecule has 0 aliphatic heterocycles. The van der Waals surface area contributed by atoms with E-state index in [9.17, 15) is 4.79 Å². The van der Waals surface area contributed by atoms with Crippen molar-refractivity contribution < 1.29 is 14.6 Å². The van der Waals surface area contributed by atoms with Crippen LogP contribution in [0.2, 0.25) is 0 Å². The zero-order valence-corrected chi connectivity index (χ0v) is 10.3. The standard InChI is InChI=1S/C13H13N3O3/c1-9(19-11-4-2-10(17)3-5-11)13(18)16-12-8-14-6-7-15-12/h2-9,17H,1H3,(H,15,16,18)/t9-/m1/s1. The first-order valence-corrected chi connectivity index (χ1v) is 5.68. The molecule has 2 rings (SSSR count). The zero-order valence-electron chi connectivity index (χ0n) is 10.3. The van der Waals surface area contributed by atoms with Gasteiger partial charge in [-0.15, -0.1) is 0 Å². The van der Waals surface area contributed by atoms with Crippen molar-refractivity contribution in [1.29, 1.82) is 0 Å². The van der Waals surface area contributed by atoms with Crippen LogP contribution in [-0.4, -0.2) is 27.1 Å². The summed E-state index contributed by atoms with van der Waals surface area (Å²) in [4.78, 5) is 19.6. The molecule has 0 radical (unpaired) electrons. The topological polar surface area (TPSA) is 84.3 Å². The van der Waals surface area contributed by atoms with Crippen LogP contribution in [0, 0.1) is 0 Å². The molecule has 1 aromatic heterocycles. The summed E-state index contributed by atoms with van der Waals surface area (Å²) in [5, 5.41) is 11.7. The van der Waals surface area contributed by atoms with Crippen molar-refractivity contribution in [1.82, 2.24) is 9.97 Å². The van der Waals surface area contributed by atoms with Crippen LogP contribution in [0.1, 0.15) is 6.92 Å². The molecule has 0 bridgehead atoms. The van der Waals surface area contributed by atoms with Crippen LogP contribution in [0.5, 0.6) is 11.5 Å².